The number of hydrazine groups is 1. The van der Waals surface area contributed by atoms with Crippen LogP contribution in [0.2, 0.25) is 0 Å². The lowest BCUT2D eigenvalue weighted by atomic mass is 10.2. The maximum atomic E-state index is 12.4. The summed E-state index contributed by atoms with van der Waals surface area (Å²) in [6.07, 6.45) is 0.282. The molecule has 0 bridgehead atoms. The van der Waals surface area contributed by atoms with Gasteiger partial charge < -0.3 is 24.6 Å². The van der Waals surface area contributed by atoms with Gasteiger partial charge in [0.05, 0.1) is 6.04 Å². The highest BCUT2D eigenvalue weighted by molar-refractivity contribution is 5.97. The van der Waals surface area contributed by atoms with Gasteiger partial charge in [0.2, 0.25) is 5.91 Å². The average Bonchev–Trinajstić information content (AvgIpc) is 3.03. The highest BCUT2D eigenvalue weighted by atomic mass is 16.6. The Labute approximate surface area is 158 Å². The molecule has 0 unspecified atom stereocenters. The summed E-state index contributed by atoms with van der Waals surface area (Å²) in [6.45, 7) is 4.88. The zero-order valence-corrected chi connectivity index (χ0v) is 15.4. The van der Waals surface area contributed by atoms with Crippen LogP contribution in [0.25, 0.3) is 0 Å². The van der Waals surface area contributed by atoms with E-state index in [9.17, 15) is 9.59 Å². The van der Waals surface area contributed by atoms with Gasteiger partial charge in [-0.15, -0.1) is 0 Å². The molecule has 3 aliphatic rings. The van der Waals surface area contributed by atoms with Gasteiger partial charge in [0.25, 0.3) is 0 Å². The van der Waals surface area contributed by atoms with Crippen LogP contribution in [0.3, 0.4) is 0 Å². The lowest BCUT2D eigenvalue weighted by Crippen LogP contribution is -2.56. The summed E-state index contributed by atoms with van der Waals surface area (Å²) in [7, 11) is 2.06. The van der Waals surface area contributed by atoms with Crippen LogP contribution in [0.5, 0.6) is 11.5 Å². The molecule has 2 saturated heterocycles. The first-order valence-electron chi connectivity index (χ1n) is 9.29. The van der Waals surface area contributed by atoms with Gasteiger partial charge >= 0.3 is 6.03 Å². The minimum atomic E-state index is -0.263. The fraction of sp³-hybridized carbons (Fsp3) is 0.556. The van der Waals surface area contributed by atoms with E-state index in [2.05, 4.69) is 22.7 Å². The average molecular weight is 375 g/mol. The van der Waals surface area contributed by atoms with E-state index in [1.54, 1.807) is 4.90 Å². The smallest absolute Gasteiger partial charge is 0.329 e. The van der Waals surface area contributed by atoms with Crippen LogP contribution in [0, 0.1) is 0 Å². The number of anilines is 1. The number of piperazine rings is 1. The Morgan fingerprint density at radius 3 is 2.63 bits per heavy atom. The van der Waals surface area contributed by atoms with Crippen molar-refractivity contribution in [2.75, 3.05) is 57.9 Å². The lowest BCUT2D eigenvalue weighted by Gasteiger charge is -2.32. The molecular weight excluding hydrogens is 350 g/mol. The van der Waals surface area contributed by atoms with Crippen molar-refractivity contribution in [2.24, 2.45) is 0 Å². The molecule has 0 spiro atoms. The van der Waals surface area contributed by atoms with E-state index in [0.717, 1.165) is 31.9 Å². The third-order valence-corrected chi connectivity index (χ3v) is 5.06. The summed E-state index contributed by atoms with van der Waals surface area (Å²) in [5.41, 5.74) is 3.62. The van der Waals surface area contributed by atoms with Crippen LogP contribution < -0.4 is 25.1 Å². The molecule has 2 fully saturated rings. The summed E-state index contributed by atoms with van der Waals surface area (Å²) in [6, 6.07) is 4.99. The number of amides is 3. The fourth-order valence-corrected chi connectivity index (χ4v) is 3.53. The molecule has 0 aromatic heterocycles. The number of carbonyl (C=O) groups excluding carboxylic acids is 2. The molecule has 1 atom stereocenters. The molecule has 9 heteroatoms. The Bertz CT molecular complexity index is 720. The van der Waals surface area contributed by atoms with Crippen LogP contribution in [0.1, 0.15) is 6.42 Å². The number of benzene rings is 1. The highest BCUT2D eigenvalue weighted by Gasteiger charge is 2.32. The monoisotopic (exact) mass is 375 g/mol. The van der Waals surface area contributed by atoms with Crippen molar-refractivity contribution in [3.05, 3.63) is 18.2 Å². The van der Waals surface area contributed by atoms with E-state index < -0.39 is 0 Å². The molecule has 3 aliphatic heterocycles. The van der Waals surface area contributed by atoms with Crippen molar-refractivity contribution in [1.29, 1.82) is 0 Å². The van der Waals surface area contributed by atoms with Crippen LogP contribution in [-0.2, 0) is 4.79 Å². The van der Waals surface area contributed by atoms with Gasteiger partial charge in [0.1, 0.15) is 13.2 Å². The standard InChI is InChI=1S/C18H25N5O4/c1-21-4-6-22(7-5-21)20-18(25)19-13-10-17(24)23(12-13)14-2-3-15-16(11-14)27-9-8-26-15/h2-3,11,13H,4-10,12H2,1H3,(H2,19,20,25)/t13-/m1/s1. The summed E-state index contributed by atoms with van der Waals surface area (Å²) in [5.74, 6) is 1.32. The van der Waals surface area contributed by atoms with E-state index in [4.69, 9.17) is 9.47 Å². The Kier molecular flexibility index (Phi) is 5.04. The molecule has 0 saturated carbocycles. The maximum Gasteiger partial charge on any atom is 0.329 e. The first kappa shape index (κ1) is 17.9. The van der Waals surface area contributed by atoms with Crippen molar-refractivity contribution in [1.82, 2.24) is 20.7 Å². The second-order valence-corrected chi connectivity index (χ2v) is 7.11. The molecule has 3 heterocycles. The summed E-state index contributed by atoms with van der Waals surface area (Å²) < 4.78 is 11.1. The van der Waals surface area contributed by atoms with Crippen molar-refractivity contribution in [2.45, 2.75) is 12.5 Å². The van der Waals surface area contributed by atoms with Crippen molar-refractivity contribution in [3.8, 4) is 11.5 Å². The minimum Gasteiger partial charge on any atom is -0.486 e. The maximum absolute atomic E-state index is 12.4. The van der Waals surface area contributed by atoms with Gasteiger partial charge in [-0.05, 0) is 19.2 Å². The lowest BCUT2D eigenvalue weighted by molar-refractivity contribution is -0.117. The largest absolute Gasteiger partial charge is 0.486 e. The van der Waals surface area contributed by atoms with Crippen LogP contribution >= 0.6 is 0 Å². The number of fused-ring (bicyclic) bond motifs is 1. The number of likely N-dealkylation sites (N-methyl/N-ethyl adjacent to an activating group) is 1. The van der Waals surface area contributed by atoms with Gasteiger partial charge in [0.15, 0.2) is 11.5 Å². The van der Waals surface area contributed by atoms with Gasteiger partial charge in [0, 0.05) is 50.9 Å². The number of rotatable bonds is 3. The predicted octanol–water partition coefficient (Wildman–Crippen LogP) is 0.0247. The van der Waals surface area contributed by atoms with Crippen LogP contribution in [0.15, 0.2) is 18.2 Å². The fourth-order valence-electron chi connectivity index (χ4n) is 3.53. The molecule has 4 rings (SSSR count). The second kappa shape index (κ2) is 7.61. The van der Waals surface area contributed by atoms with Gasteiger partial charge in [-0.25, -0.2) is 9.80 Å². The summed E-state index contributed by atoms with van der Waals surface area (Å²) in [5, 5.41) is 4.81. The number of hydrogen-bond donors (Lipinski definition) is 2. The Balaban J connectivity index is 1.33. The van der Waals surface area contributed by atoms with Crippen molar-refractivity contribution in [3.63, 3.8) is 0 Å². The van der Waals surface area contributed by atoms with E-state index in [1.807, 2.05) is 23.2 Å². The van der Waals surface area contributed by atoms with Crippen molar-refractivity contribution < 1.29 is 19.1 Å². The molecule has 2 N–H and O–H groups in total. The first-order chi connectivity index (χ1) is 13.1. The van der Waals surface area contributed by atoms with Crippen LogP contribution in [0.4, 0.5) is 10.5 Å². The van der Waals surface area contributed by atoms with Crippen molar-refractivity contribution >= 4 is 17.6 Å². The van der Waals surface area contributed by atoms with E-state index >= 15 is 0 Å². The third-order valence-electron chi connectivity index (χ3n) is 5.06. The Hall–Kier alpha value is -2.52. The normalized spacial score (nSPS) is 23.4. The molecule has 0 aliphatic carbocycles. The van der Waals surface area contributed by atoms with Crippen LogP contribution in [-0.4, -0.2) is 80.9 Å². The molecule has 0 radical (unpaired) electrons. The molecular formula is C18H25N5O4. The molecule has 9 nitrogen and oxygen atoms in total. The SMILES string of the molecule is CN1CCN(NC(=O)N[C@@H]2CC(=O)N(c3ccc4c(c3)OCCO4)C2)CC1. The van der Waals surface area contributed by atoms with E-state index in [0.29, 0.717) is 31.3 Å². The van der Waals surface area contributed by atoms with Gasteiger partial charge in [-0.2, -0.15) is 0 Å². The first-order valence-corrected chi connectivity index (χ1v) is 9.29. The number of carbonyl (C=O) groups is 2. The van der Waals surface area contributed by atoms with E-state index in [1.165, 1.54) is 0 Å². The minimum absolute atomic E-state index is 0.0171. The molecule has 146 valence electrons. The Morgan fingerprint density at radius 2 is 1.85 bits per heavy atom. The zero-order chi connectivity index (χ0) is 18.8. The highest BCUT2D eigenvalue weighted by Crippen LogP contribution is 2.35. The number of hydrogen-bond acceptors (Lipinski definition) is 6. The van der Waals surface area contributed by atoms with E-state index in [-0.39, 0.29) is 24.4 Å². The predicted molar refractivity (Wildman–Crippen MR) is 98.9 cm³/mol. The molecule has 1 aromatic carbocycles. The summed E-state index contributed by atoms with van der Waals surface area (Å²) >= 11 is 0. The molecule has 27 heavy (non-hydrogen) atoms. The molecule has 3 amide bonds. The number of urea groups is 1. The second-order valence-electron chi connectivity index (χ2n) is 7.11. The van der Waals surface area contributed by atoms with Gasteiger partial charge in [-0.1, -0.05) is 0 Å². The summed E-state index contributed by atoms with van der Waals surface area (Å²) in [4.78, 5) is 28.6. The third kappa shape index (κ3) is 4.09. The topological polar surface area (TPSA) is 86.4 Å². The Morgan fingerprint density at radius 1 is 1.11 bits per heavy atom. The zero-order valence-electron chi connectivity index (χ0n) is 15.4. The number of nitrogens with one attached hydrogen (secondary N) is 2. The number of nitrogens with zero attached hydrogens (tertiary/aromatic N) is 3. The quantitative estimate of drug-likeness (QED) is 0.775. The number of ether oxygens (including phenoxy) is 2. The molecule has 1 aromatic rings. The van der Waals surface area contributed by atoms with Gasteiger partial charge in [-0.3, -0.25) is 10.2 Å².